The Morgan fingerprint density at radius 2 is 1.43 bits per heavy atom. The average molecular weight is 394 g/mol. The Kier molecular flexibility index (Phi) is 5.56. The number of sulfonamides is 1. The van der Waals surface area contributed by atoms with Gasteiger partial charge in [0.2, 0.25) is 0 Å². The summed E-state index contributed by atoms with van der Waals surface area (Å²) >= 11 is 0. The highest BCUT2D eigenvalue weighted by atomic mass is 32.2. The third-order valence-corrected chi connectivity index (χ3v) is 5.36. The van der Waals surface area contributed by atoms with Crippen LogP contribution in [0.15, 0.2) is 83.8 Å². The predicted molar refractivity (Wildman–Crippen MR) is 108 cm³/mol. The predicted octanol–water partition coefficient (Wildman–Crippen LogP) is 3.94. The maximum atomic E-state index is 12.6. The normalized spacial score (nSPS) is 10.9. The van der Waals surface area contributed by atoms with Gasteiger partial charge < -0.3 is 5.32 Å². The number of carbonyl (C=O) groups excluding carboxylic acids is 2. The van der Waals surface area contributed by atoms with Crippen molar-refractivity contribution in [1.29, 1.82) is 0 Å². The van der Waals surface area contributed by atoms with Gasteiger partial charge in [-0.1, -0.05) is 24.3 Å². The summed E-state index contributed by atoms with van der Waals surface area (Å²) in [6.07, 6.45) is 0. The van der Waals surface area contributed by atoms with Crippen LogP contribution in [0.2, 0.25) is 0 Å². The second-order valence-electron chi connectivity index (χ2n) is 6.09. The summed E-state index contributed by atoms with van der Waals surface area (Å²) < 4.78 is 27.6. The molecule has 0 aromatic heterocycles. The van der Waals surface area contributed by atoms with E-state index in [0.29, 0.717) is 16.9 Å². The van der Waals surface area contributed by atoms with Gasteiger partial charge in [-0.2, -0.15) is 0 Å². The largest absolute Gasteiger partial charge is 0.322 e. The number of para-hydroxylation sites is 1. The Morgan fingerprint density at radius 1 is 0.750 bits per heavy atom. The van der Waals surface area contributed by atoms with Crippen molar-refractivity contribution in [3.05, 3.63) is 90.0 Å². The third kappa shape index (κ3) is 4.63. The molecule has 0 saturated heterocycles. The number of nitrogens with one attached hydrogen (secondary N) is 2. The number of hydrogen-bond donors (Lipinski definition) is 2. The fourth-order valence-electron chi connectivity index (χ4n) is 2.52. The second-order valence-corrected chi connectivity index (χ2v) is 7.77. The van der Waals surface area contributed by atoms with Gasteiger partial charge >= 0.3 is 0 Å². The summed E-state index contributed by atoms with van der Waals surface area (Å²) in [7, 11) is -3.82. The average Bonchev–Trinajstić information content (AvgIpc) is 2.69. The summed E-state index contributed by atoms with van der Waals surface area (Å²) in [5.41, 5.74) is 1.68. The smallest absolute Gasteiger partial charge is 0.261 e. The number of hydrogen-bond acceptors (Lipinski definition) is 4. The highest BCUT2D eigenvalue weighted by molar-refractivity contribution is 7.92. The van der Waals surface area contributed by atoms with Crippen molar-refractivity contribution in [3.8, 4) is 0 Å². The molecular weight excluding hydrogens is 376 g/mol. The molecule has 0 spiro atoms. The summed E-state index contributed by atoms with van der Waals surface area (Å²) in [6, 6.07) is 20.7. The number of ketones is 1. The van der Waals surface area contributed by atoms with Crippen LogP contribution in [0.5, 0.6) is 0 Å². The molecule has 3 aromatic carbocycles. The van der Waals surface area contributed by atoms with E-state index in [1.165, 1.54) is 31.2 Å². The number of Topliss-reactive ketones (excluding diaryl/α,β-unsaturated/α-hetero) is 1. The molecule has 7 heteroatoms. The van der Waals surface area contributed by atoms with Crippen LogP contribution in [0.25, 0.3) is 0 Å². The summed E-state index contributed by atoms with van der Waals surface area (Å²) in [6.45, 7) is 1.46. The molecule has 0 aliphatic rings. The maximum absolute atomic E-state index is 12.6. The van der Waals surface area contributed by atoms with Crippen LogP contribution in [0, 0.1) is 0 Å². The third-order valence-electron chi connectivity index (χ3n) is 3.98. The molecule has 1 amide bonds. The van der Waals surface area contributed by atoms with Crippen molar-refractivity contribution in [1.82, 2.24) is 0 Å². The van der Waals surface area contributed by atoms with Gasteiger partial charge in [-0.25, -0.2) is 8.42 Å². The van der Waals surface area contributed by atoms with Gasteiger partial charge in [0.25, 0.3) is 15.9 Å². The Morgan fingerprint density at radius 3 is 2.07 bits per heavy atom. The topological polar surface area (TPSA) is 92.3 Å². The number of benzene rings is 3. The number of amides is 1. The SMILES string of the molecule is CC(=O)c1ccc(NC(=O)c2cccc(S(=O)(=O)Nc3ccccc3)c2)cc1. The second kappa shape index (κ2) is 8.06. The minimum atomic E-state index is -3.82. The van der Waals surface area contributed by atoms with Crippen molar-refractivity contribution < 1.29 is 18.0 Å². The molecule has 0 aliphatic carbocycles. The first-order valence-electron chi connectivity index (χ1n) is 8.45. The van der Waals surface area contributed by atoms with Crippen molar-refractivity contribution >= 4 is 33.1 Å². The van der Waals surface area contributed by atoms with E-state index < -0.39 is 15.9 Å². The van der Waals surface area contributed by atoms with Crippen LogP contribution in [-0.2, 0) is 10.0 Å². The van der Waals surface area contributed by atoms with E-state index in [1.54, 1.807) is 54.6 Å². The standard InChI is InChI=1S/C21H18N2O4S/c1-15(24)16-10-12-18(13-11-16)22-21(25)17-6-5-9-20(14-17)28(26,27)23-19-7-3-2-4-8-19/h2-14,23H,1H3,(H,22,25). The molecule has 6 nitrogen and oxygen atoms in total. The maximum Gasteiger partial charge on any atom is 0.261 e. The van der Waals surface area contributed by atoms with Gasteiger partial charge in [-0.05, 0) is 61.5 Å². The first kappa shape index (κ1) is 19.3. The Balaban J connectivity index is 1.78. The monoisotopic (exact) mass is 394 g/mol. The van der Waals surface area contributed by atoms with E-state index in [9.17, 15) is 18.0 Å². The van der Waals surface area contributed by atoms with Crippen molar-refractivity contribution in [2.24, 2.45) is 0 Å². The molecule has 0 atom stereocenters. The van der Waals surface area contributed by atoms with E-state index in [4.69, 9.17) is 0 Å². The molecule has 0 aliphatic heterocycles. The van der Waals surface area contributed by atoms with Gasteiger partial charge in [0.05, 0.1) is 4.90 Å². The van der Waals surface area contributed by atoms with Crippen LogP contribution >= 0.6 is 0 Å². The van der Waals surface area contributed by atoms with Gasteiger partial charge in [0.1, 0.15) is 0 Å². The van der Waals surface area contributed by atoms with Crippen LogP contribution in [0.1, 0.15) is 27.6 Å². The zero-order valence-electron chi connectivity index (χ0n) is 15.0. The fraction of sp³-hybridized carbons (Fsp3) is 0.0476. The lowest BCUT2D eigenvalue weighted by Gasteiger charge is -2.10. The molecule has 2 N–H and O–H groups in total. The number of carbonyl (C=O) groups is 2. The van der Waals surface area contributed by atoms with Crippen LogP contribution in [0.4, 0.5) is 11.4 Å². The molecule has 0 heterocycles. The molecule has 0 fully saturated rings. The minimum Gasteiger partial charge on any atom is -0.322 e. The number of rotatable bonds is 6. The molecule has 3 rings (SSSR count). The van der Waals surface area contributed by atoms with Crippen molar-refractivity contribution in [2.75, 3.05) is 10.0 Å². The molecular formula is C21H18N2O4S. The van der Waals surface area contributed by atoms with E-state index in [2.05, 4.69) is 10.0 Å². The Labute approximate surface area is 163 Å². The quantitative estimate of drug-likeness (QED) is 0.620. The molecule has 3 aromatic rings. The van der Waals surface area contributed by atoms with Gasteiger partial charge in [0.15, 0.2) is 5.78 Å². The Bertz CT molecular complexity index is 1110. The fourth-order valence-corrected chi connectivity index (χ4v) is 3.62. The zero-order valence-corrected chi connectivity index (χ0v) is 15.9. The van der Waals surface area contributed by atoms with E-state index in [1.807, 2.05) is 0 Å². The lowest BCUT2D eigenvalue weighted by atomic mass is 10.1. The molecule has 0 bridgehead atoms. The van der Waals surface area contributed by atoms with Gasteiger partial charge in [-0.3, -0.25) is 14.3 Å². The van der Waals surface area contributed by atoms with Crippen LogP contribution in [0.3, 0.4) is 0 Å². The summed E-state index contributed by atoms with van der Waals surface area (Å²) in [5.74, 6) is -0.519. The minimum absolute atomic E-state index is 0.0177. The molecule has 0 radical (unpaired) electrons. The summed E-state index contributed by atoms with van der Waals surface area (Å²) in [5, 5.41) is 2.69. The zero-order chi connectivity index (χ0) is 20.1. The summed E-state index contributed by atoms with van der Waals surface area (Å²) in [4.78, 5) is 23.8. The Hall–Kier alpha value is -3.45. The van der Waals surface area contributed by atoms with Gasteiger partial charge in [-0.15, -0.1) is 0 Å². The first-order chi connectivity index (χ1) is 13.3. The lowest BCUT2D eigenvalue weighted by molar-refractivity contribution is 0.101. The van der Waals surface area contributed by atoms with Crippen LogP contribution < -0.4 is 10.0 Å². The highest BCUT2D eigenvalue weighted by Gasteiger charge is 2.16. The van der Waals surface area contributed by atoms with Crippen molar-refractivity contribution in [2.45, 2.75) is 11.8 Å². The van der Waals surface area contributed by atoms with E-state index >= 15 is 0 Å². The molecule has 0 saturated carbocycles. The highest BCUT2D eigenvalue weighted by Crippen LogP contribution is 2.18. The van der Waals surface area contributed by atoms with Gasteiger partial charge in [0, 0.05) is 22.5 Å². The molecule has 28 heavy (non-hydrogen) atoms. The van der Waals surface area contributed by atoms with E-state index in [-0.39, 0.29) is 16.2 Å². The van der Waals surface area contributed by atoms with Crippen LogP contribution in [-0.4, -0.2) is 20.1 Å². The lowest BCUT2D eigenvalue weighted by Crippen LogP contribution is -2.16. The van der Waals surface area contributed by atoms with Crippen molar-refractivity contribution in [3.63, 3.8) is 0 Å². The van der Waals surface area contributed by atoms with E-state index in [0.717, 1.165) is 0 Å². The molecule has 0 unspecified atom stereocenters. The number of anilines is 2. The molecule has 142 valence electrons. The first-order valence-corrected chi connectivity index (χ1v) is 9.94.